The molecule has 2 bridgehead atoms. The number of hydrogen-bond donors (Lipinski definition) is 0. The van der Waals surface area contributed by atoms with Gasteiger partial charge in [0, 0.05) is 0 Å². The summed E-state index contributed by atoms with van der Waals surface area (Å²) in [7, 11) is 0. The van der Waals surface area contributed by atoms with Gasteiger partial charge in [-0.2, -0.15) is 0 Å². The van der Waals surface area contributed by atoms with Gasteiger partial charge in [-0.3, -0.25) is 0 Å². The minimum absolute atomic E-state index is 0.145. The normalized spacial score (nSPS) is 32.5. The van der Waals surface area contributed by atoms with Crippen molar-refractivity contribution in [1.82, 2.24) is 18.9 Å². The first-order chi connectivity index (χ1) is 10.7. The van der Waals surface area contributed by atoms with Crippen molar-refractivity contribution in [2.75, 3.05) is 39.3 Å². The molecule has 3 aliphatic heterocycles. The molecule has 4 nitrogen and oxygen atoms in total. The summed E-state index contributed by atoms with van der Waals surface area (Å²) in [5.41, 5.74) is 0.436. The summed E-state index contributed by atoms with van der Waals surface area (Å²) in [6.07, 6.45) is -1.74. The van der Waals surface area contributed by atoms with Crippen LogP contribution in [-0.2, 0) is 0 Å². The zero-order valence-electron chi connectivity index (χ0n) is 17.4. The molecule has 0 radical (unpaired) electrons. The van der Waals surface area contributed by atoms with E-state index in [2.05, 4.69) is 96.8 Å². The summed E-state index contributed by atoms with van der Waals surface area (Å²) < 4.78 is 8.42. The van der Waals surface area contributed by atoms with E-state index < -0.39 is 6.40 Å². The molecule has 0 N–H and O–H groups in total. The van der Waals surface area contributed by atoms with Gasteiger partial charge in [-0.1, -0.05) is 0 Å². The van der Waals surface area contributed by atoms with Gasteiger partial charge in [-0.05, 0) is 0 Å². The first-order valence-corrected chi connectivity index (χ1v) is 13.2. The summed E-state index contributed by atoms with van der Waals surface area (Å²) in [6.45, 7) is 28.4. The molecule has 0 atom stereocenters. The predicted octanol–water partition coefficient (Wildman–Crippen LogP) is 3.46. The Hall–Kier alpha value is 0.789. The fraction of sp³-hybridized carbons (Fsp3) is 1.00. The van der Waals surface area contributed by atoms with E-state index in [4.69, 9.17) is 0 Å². The van der Waals surface area contributed by atoms with Crippen molar-refractivity contribution in [1.29, 1.82) is 0 Å². The molecular formula is C18H39N4PSe. The first kappa shape index (κ1) is 21.1. The van der Waals surface area contributed by atoms with Gasteiger partial charge in [0.15, 0.2) is 0 Å². The Morgan fingerprint density at radius 3 is 1.00 bits per heavy atom. The molecule has 24 heavy (non-hydrogen) atoms. The Bertz CT molecular complexity index is 385. The first-order valence-electron chi connectivity index (χ1n) is 9.35. The third-order valence-corrected chi connectivity index (χ3v) is 13.2. The molecule has 3 fully saturated rings. The van der Waals surface area contributed by atoms with Crippen molar-refractivity contribution in [3.8, 4) is 0 Å². The summed E-state index contributed by atoms with van der Waals surface area (Å²) in [4.78, 5) is 2.67. The van der Waals surface area contributed by atoms with Gasteiger partial charge < -0.3 is 0 Å². The predicted molar refractivity (Wildman–Crippen MR) is 108 cm³/mol. The maximum atomic E-state index is 3.83. The standard InChI is InChI=1S/C18H39N4PSe/c1-16(2,3)20-13-10-19-11-14-21(17(4,5)6)23(20,24)22(15-12-19)18(7,8)9/h10-15H2,1-9H3. The van der Waals surface area contributed by atoms with Crippen LogP contribution in [0.15, 0.2) is 0 Å². The van der Waals surface area contributed by atoms with E-state index >= 15 is 0 Å². The van der Waals surface area contributed by atoms with Gasteiger partial charge in [0.25, 0.3) is 0 Å². The van der Waals surface area contributed by atoms with Crippen molar-refractivity contribution < 1.29 is 0 Å². The molecule has 0 aromatic carbocycles. The molecule has 3 heterocycles. The molecular weight excluding hydrogens is 382 g/mol. The van der Waals surface area contributed by atoms with E-state index in [1.807, 2.05) is 0 Å². The van der Waals surface area contributed by atoms with E-state index in [-0.39, 0.29) is 16.6 Å². The van der Waals surface area contributed by atoms with Gasteiger partial charge in [-0.15, -0.1) is 0 Å². The van der Waals surface area contributed by atoms with Crippen LogP contribution in [0.3, 0.4) is 0 Å². The number of hydrogen-bond acceptors (Lipinski definition) is 4. The van der Waals surface area contributed by atoms with Crippen molar-refractivity contribution in [3.05, 3.63) is 0 Å². The molecule has 142 valence electrons. The SMILES string of the molecule is CC(C)(C)N1CCN2CCN(C(C)(C)C)[P+]1([Se-])N(C(C)(C)C)CC2. The number of nitrogens with zero attached hydrogens (tertiary/aromatic N) is 4. The van der Waals surface area contributed by atoms with Gasteiger partial charge in [-0.25, -0.2) is 0 Å². The molecule has 3 rings (SSSR count). The van der Waals surface area contributed by atoms with E-state index in [0.717, 1.165) is 19.6 Å². The average Bonchev–Trinajstić information content (AvgIpc) is 2.26. The molecule has 0 unspecified atom stereocenters. The Balaban J connectivity index is 2.66. The van der Waals surface area contributed by atoms with Gasteiger partial charge in [0.05, 0.1) is 0 Å². The maximum absolute atomic E-state index is 3.83. The van der Waals surface area contributed by atoms with Crippen molar-refractivity contribution in [2.24, 2.45) is 0 Å². The van der Waals surface area contributed by atoms with Crippen LogP contribution in [0, 0.1) is 0 Å². The van der Waals surface area contributed by atoms with Crippen molar-refractivity contribution >= 4 is 22.0 Å². The van der Waals surface area contributed by atoms with Crippen LogP contribution in [0.4, 0.5) is 0 Å². The molecule has 0 aliphatic carbocycles. The fourth-order valence-corrected chi connectivity index (χ4v) is 14.3. The second-order valence-electron chi connectivity index (χ2n) is 10.2. The molecule has 0 saturated carbocycles. The second-order valence-corrected chi connectivity index (χ2v) is 15.8. The molecule has 3 aliphatic rings. The van der Waals surface area contributed by atoms with Crippen LogP contribution in [0.25, 0.3) is 0 Å². The Kier molecular flexibility index (Phi) is 5.93. The van der Waals surface area contributed by atoms with Crippen LogP contribution < -0.4 is 0 Å². The van der Waals surface area contributed by atoms with E-state index in [0.29, 0.717) is 0 Å². The van der Waals surface area contributed by atoms with Gasteiger partial charge >= 0.3 is 159 Å². The average molecular weight is 421 g/mol. The third kappa shape index (κ3) is 4.03. The number of fused-ring (bicyclic) bond motifs is 6. The zero-order valence-corrected chi connectivity index (χ0v) is 20.0. The quantitative estimate of drug-likeness (QED) is 0.439. The summed E-state index contributed by atoms with van der Waals surface area (Å²) >= 11 is 3.83. The van der Waals surface area contributed by atoms with Crippen LogP contribution >= 0.6 is 6.40 Å². The third-order valence-electron chi connectivity index (χ3n) is 5.15. The molecule has 3 saturated heterocycles. The Morgan fingerprint density at radius 2 is 0.792 bits per heavy atom. The Morgan fingerprint density at radius 1 is 0.542 bits per heavy atom. The molecule has 6 heteroatoms. The number of rotatable bonds is 0. The molecule has 0 amide bonds. The Labute approximate surface area is 159 Å². The zero-order chi connectivity index (χ0) is 18.6. The van der Waals surface area contributed by atoms with Gasteiger partial charge in [0.2, 0.25) is 0 Å². The van der Waals surface area contributed by atoms with Crippen molar-refractivity contribution in [3.63, 3.8) is 0 Å². The summed E-state index contributed by atoms with van der Waals surface area (Å²) in [6, 6.07) is 0. The van der Waals surface area contributed by atoms with E-state index in [1.165, 1.54) is 19.6 Å². The summed E-state index contributed by atoms with van der Waals surface area (Å²) in [5, 5.41) is 0. The fourth-order valence-electron chi connectivity index (χ4n) is 4.00. The van der Waals surface area contributed by atoms with Crippen LogP contribution in [0.2, 0.25) is 0 Å². The molecule has 0 aromatic rings. The van der Waals surface area contributed by atoms with Crippen LogP contribution in [0.5, 0.6) is 0 Å². The second kappa shape index (κ2) is 6.75. The minimum atomic E-state index is -1.74. The molecule has 0 aromatic heterocycles. The topological polar surface area (TPSA) is 13.0 Å². The van der Waals surface area contributed by atoms with Crippen LogP contribution in [-0.4, -0.2) is 90.4 Å². The van der Waals surface area contributed by atoms with Crippen molar-refractivity contribution in [2.45, 2.75) is 78.9 Å². The van der Waals surface area contributed by atoms with E-state index in [9.17, 15) is 0 Å². The molecule has 0 spiro atoms. The van der Waals surface area contributed by atoms with Gasteiger partial charge in [0.1, 0.15) is 0 Å². The monoisotopic (exact) mass is 422 g/mol. The van der Waals surface area contributed by atoms with Crippen LogP contribution in [0.1, 0.15) is 62.3 Å². The van der Waals surface area contributed by atoms with E-state index in [1.54, 1.807) is 0 Å². The summed E-state index contributed by atoms with van der Waals surface area (Å²) in [5.74, 6) is 0.